The van der Waals surface area contributed by atoms with E-state index in [1.165, 1.54) is 0 Å². The minimum atomic E-state index is -1.33. The summed E-state index contributed by atoms with van der Waals surface area (Å²) in [5.41, 5.74) is 9.48. The first-order chi connectivity index (χ1) is 19.6. The van der Waals surface area contributed by atoms with E-state index in [2.05, 4.69) is 12.1 Å². The fourth-order valence-corrected chi connectivity index (χ4v) is 4.76. The number of aliphatic hydroxyl groups is 1. The number of primary amides is 1. The zero-order valence-corrected chi connectivity index (χ0v) is 22.1. The maximum Gasteiger partial charge on any atom is 0.250 e. The van der Waals surface area contributed by atoms with Crippen molar-refractivity contribution in [2.45, 2.75) is 24.5 Å². The summed E-state index contributed by atoms with van der Waals surface area (Å²) in [4.78, 5) is 18.0. The molecule has 0 aliphatic carbocycles. The van der Waals surface area contributed by atoms with E-state index in [1.807, 2.05) is 109 Å². The van der Waals surface area contributed by atoms with E-state index in [0.717, 1.165) is 27.8 Å². The Labute approximate surface area is 234 Å². The summed E-state index contributed by atoms with van der Waals surface area (Å²) in [5.74, 6) is 0.475. The van der Waals surface area contributed by atoms with Gasteiger partial charge < -0.3 is 20.3 Å². The number of amides is 1. The van der Waals surface area contributed by atoms with Gasteiger partial charge in [-0.3, -0.25) is 4.79 Å². The summed E-state index contributed by atoms with van der Waals surface area (Å²) in [5, 5.41) is 8.99. The number of carbonyl (C=O) groups is 1. The molecule has 0 spiro atoms. The van der Waals surface area contributed by atoms with Gasteiger partial charge in [0.15, 0.2) is 11.6 Å². The Kier molecular flexibility index (Phi) is 8.38. The predicted molar refractivity (Wildman–Crippen MR) is 158 cm³/mol. The van der Waals surface area contributed by atoms with Crippen molar-refractivity contribution < 1.29 is 19.4 Å². The van der Waals surface area contributed by atoms with Crippen molar-refractivity contribution in [3.63, 3.8) is 0 Å². The molecule has 4 aromatic carbocycles. The first-order valence-electron chi connectivity index (χ1n) is 13.4. The van der Waals surface area contributed by atoms with Gasteiger partial charge in [0, 0.05) is 25.0 Å². The second-order valence-corrected chi connectivity index (χ2v) is 9.66. The third-order valence-corrected chi connectivity index (χ3v) is 6.92. The van der Waals surface area contributed by atoms with E-state index in [1.54, 1.807) is 0 Å². The molecule has 6 heteroatoms. The van der Waals surface area contributed by atoms with Gasteiger partial charge in [-0.2, -0.15) is 0 Å². The van der Waals surface area contributed by atoms with E-state index in [-0.39, 0.29) is 13.0 Å². The molecule has 1 amide bonds. The predicted octanol–water partition coefficient (Wildman–Crippen LogP) is 5.96. The van der Waals surface area contributed by atoms with Gasteiger partial charge in [-0.05, 0) is 46.5 Å². The smallest absolute Gasteiger partial charge is 0.250 e. The van der Waals surface area contributed by atoms with Crippen LogP contribution in [0.3, 0.4) is 0 Å². The summed E-state index contributed by atoms with van der Waals surface area (Å²) in [6.07, 6.45) is 4.02. The average Bonchev–Trinajstić information content (AvgIpc) is 3.40. The Morgan fingerprint density at radius 1 is 0.875 bits per heavy atom. The van der Waals surface area contributed by atoms with E-state index >= 15 is 0 Å². The molecule has 0 saturated heterocycles. The molecule has 202 valence electrons. The second kappa shape index (κ2) is 12.5. The second-order valence-electron chi connectivity index (χ2n) is 9.66. The number of ether oxygens (including phenoxy) is 2. The number of aliphatic hydroxyl groups excluding tert-OH is 1. The Balaban J connectivity index is 1.47. The van der Waals surface area contributed by atoms with E-state index in [4.69, 9.17) is 25.3 Å². The lowest BCUT2D eigenvalue weighted by Gasteiger charge is -2.28. The van der Waals surface area contributed by atoms with Gasteiger partial charge in [0.05, 0.1) is 6.61 Å². The molecule has 0 radical (unpaired) electrons. The van der Waals surface area contributed by atoms with Crippen LogP contribution in [0.15, 0.2) is 120 Å². The number of hydrogen-bond acceptors (Lipinski definition) is 5. The third kappa shape index (κ3) is 5.98. The molecule has 6 nitrogen and oxygen atoms in total. The number of hydrogen-bond donors (Lipinski definition) is 2. The molecule has 2 atom stereocenters. The minimum absolute atomic E-state index is 0.0738. The van der Waals surface area contributed by atoms with Crippen molar-refractivity contribution in [3.05, 3.63) is 132 Å². The molecular weight excluding hydrogens is 500 g/mol. The van der Waals surface area contributed by atoms with Crippen LogP contribution in [0.2, 0.25) is 0 Å². The van der Waals surface area contributed by atoms with Gasteiger partial charge >= 0.3 is 0 Å². The van der Waals surface area contributed by atoms with Gasteiger partial charge in [0.1, 0.15) is 5.75 Å². The van der Waals surface area contributed by atoms with Crippen molar-refractivity contribution in [1.29, 1.82) is 0 Å². The lowest BCUT2D eigenvalue weighted by atomic mass is 9.84. The Morgan fingerprint density at radius 3 is 2.15 bits per heavy atom. The van der Waals surface area contributed by atoms with E-state index < -0.39 is 17.6 Å². The molecule has 1 aliphatic heterocycles. The molecule has 5 rings (SSSR count). The van der Waals surface area contributed by atoms with Gasteiger partial charge in [-0.25, -0.2) is 4.99 Å². The summed E-state index contributed by atoms with van der Waals surface area (Å²) in [6, 6.07) is 35.3. The molecule has 3 N–H and O–H groups in total. The highest BCUT2D eigenvalue weighted by atomic mass is 16.5. The van der Waals surface area contributed by atoms with Crippen LogP contribution in [-0.4, -0.2) is 35.7 Å². The molecule has 1 aliphatic rings. The average molecular weight is 533 g/mol. The summed E-state index contributed by atoms with van der Waals surface area (Å²) in [7, 11) is 0. The molecule has 0 bridgehead atoms. The Bertz CT molecular complexity index is 1470. The van der Waals surface area contributed by atoms with Crippen LogP contribution in [0, 0.1) is 0 Å². The highest BCUT2D eigenvalue weighted by Crippen LogP contribution is 2.43. The highest BCUT2D eigenvalue weighted by molar-refractivity contribution is 6.00. The number of nitrogens with two attached hydrogens (primary N) is 1. The number of nitrogens with zero attached hydrogens (tertiary/aromatic N) is 1. The fourth-order valence-electron chi connectivity index (χ4n) is 4.76. The molecule has 0 aromatic heterocycles. The number of benzene rings is 4. The van der Waals surface area contributed by atoms with Crippen LogP contribution in [0.4, 0.5) is 0 Å². The van der Waals surface area contributed by atoms with Crippen molar-refractivity contribution in [1.82, 2.24) is 0 Å². The SMILES string of the molecule is NC(=O)[C@]1(C/C=C/c2ccccc2)N=C(c2ccc(OCCCO)cc2)O[C@@H]1c1ccc(-c2ccccc2)cc1. The molecule has 1 heterocycles. The molecule has 40 heavy (non-hydrogen) atoms. The van der Waals surface area contributed by atoms with Crippen LogP contribution >= 0.6 is 0 Å². The van der Waals surface area contributed by atoms with Gasteiger partial charge in [-0.1, -0.05) is 97.1 Å². The van der Waals surface area contributed by atoms with Crippen LogP contribution in [0.5, 0.6) is 5.75 Å². The number of carbonyl (C=O) groups excluding carboxylic acids is 1. The maximum absolute atomic E-state index is 13.2. The summed E-state index contributed by atoms with van der Waals surface area (Å²) in [6.45, 7) is 0.497. The summed E-state index contributed by atoms with van der Waals surface area (Å²) < 4.78 is 12.1. The van der Waals surface area contributed by atoms with Crippen molar-refractivity contribution >= 4 is 17.9 Å². The normalized spacial score (nSPS) is 18.3. The topological polar surface area (TPSA) is 94.1 Å². The van der Waals surface area contributed by atoms with E-state index in [0.29, 0.717) is 24.7 Å². The monoisotopic (exact) mass is 532 g/mol. The summed E-state index contributed by atoms with van der Waals surface area (Å²) >= 11 is 0. The van der Waals surface area contributed by atoms with Crippen LogP contribution < -0.4 is 10.5 Å². The number of aliphatic imine (C=N–C) groups is 1. The quantitative estimate of drug-likeness (QED) is 0.233. The highest BCUT2D eigenvalue weighted by Gasteiger charge is 2.51. The number of rotatable bonds is 11. The maximum atomic E-state index is 13.2. The first kappa shape index (κ1) is 26.9. The third-order valence-electron chi connectivity index (χ3n) is 6.92. The molecule has 0 saturated carbocycles. The van der Waals surface area contributed by atoms with Crippen molar-refractivity contribution in [2.75, 3.05) is 13.2 Å². The van der Waals surface area contributed by atoms with Gasteiger partial charge in [0.2, 0.25) is 11.8 Å². The molecule has 0 unspecified atom stereocenters. The first-order valence-corrected chi connectivity index (χ1v) is 13.4. The zero-order valence-electron chi connectivity index (χ0n) is 22.1. The molecule has 0 fully saturated rings. The largest absolute Gasteiger partial charge is 0.494 e. The van der Waals surface area contributed by atoms with Gasteiger partial charge in [0.25, 0.3) is 0 Å². The zero-order chi connectivity index (χ0) is 27.8. The van der Waals surface area contributed by atoms with E-state index in [9.17, 15) is 4.79 Å². The lowest BCUT2D eigenvalue weighted by Crippen LogP contribution is -2.45. The van der Waals surface area contributed by atoms with Crippen LogP contribution in [0.1, 0.15) is 35.6 Å². The van der Waals surface area contributed by atoms with Crippen molar-refractivity contribution in [3.8, 4) is 16.9 Å². The minimum Gasteiger partial charge on any atom is -0.494 e. The molecular formula is C34H32N2O4. The lowest BCUT2D eigenvalue weighted by molar-refractivity contribution is -0.125. The van der Waals surface area contributed by atoms with Crippen LogP contribution in [0.25, 0.3) is 17.2 Å². The standard InChI is InChI=1S/C34H32N2O4/c35-33(38)34(22-7-11-25-9-3-1-4-10-25)31(28-16-14-27(15-17-28)26-12-5-2-6-13-26)40-32(36-34)29-18-20-30(21-19-29)39-24-8-23-37/h1-7,9-21,31,37H,8,22-24H2,(H2,35,38)/b11-7+/t31-,34-/m1/s1. The van der Waals surface area contributed by atoms with Gasteiger partial charge in [-0.15, -0.1) is 0 Å². The van der Waals surface area contributed by atoms with Crippen molar-refractivity contribution in [2.24, 2.45) is 10.7 Å². The Morgan fingerprint density at radius 2 is 1.50 bits per heavy atom. The fraction of sp³-hybridized carbons (Fsp3) is 0.176. The van der Waals surface area contributed by atoms with Crippen LogP contribution in [-0.2, 0) is 9.53 Å². The molecule has 4 aromatic rings. The Hall–Kier alpha value is -4.68.